The Morgan fingerprint density at radius 1 is 1.25 bits per heavy atom. The zero-order valence-corrected chi connectivity index (χ0v) is 16.9. The summed E-state index contributed by atoms with van der Waals surface area (Å²) >= 11 is 6.30. The number of methoxy groups -OCH3 is 1. The van der Waals surface area contributed by atoms with Crippen LogP contribution in [0.5, 0.6) is 0 Å². The number of anilines is 1. The Morgan fingerprint density at radius 3 is 2.68 bits per heavy atom. The zero-order valence-electron chi connectivity index (χ0n) is 16.1. The van der Waals surface area contributed by atoms with Crippen molar-refractivity contribution in [2.24, 2.45) is 17.8 Å². The number of imide groups is 1. The molecule has 2 N–H and O–H groups in total. The molecule has 7 nitrogen and oxygen atoms in total. The summed E-state index contributed by atoms with van der Waals surface area (Å²) in [4.78, 5) is 41.0. The summed E-state index contributed by atoms with van der Waals surface area (Å²) in [5.41, 5.74) is -0.124. The van der Waals surface area contributed by atoms with Gasteiger partial charge in [-0.1, -0.05) is 37.6 Å². The highest BCUT2D eigenvalue weighted by atomic mass is 35.5. The van der Waals surface area contributed by atoms with Crippen LogP contribution in [0.25, 0.3) is 0 Å². The Kier molecular flexibility index (Phi) is 4.72. The van der Waals surface area contributed by atoms with Crippen molar-refractivity contribution in [2.45, 2.75) is 31.8 Å². The van der Waals surface area contributed by atoms with Gasteiger partial charge in [0.05, 0.1) is 35.7 Å². The monoisotopic (exact) mass is 405 g/mol. The van der Waals surface area contributed by atoms with Gasteiger partial charge in [0.15, 0.2) is 0 Å². The summed E-state index contributed by atoms with van der Waals surface area (Å²) in [5.74, 6) is -1.96. The highest BCUT2D eigenvalue weighted by Gasteiger charge is 2.70. The zero-order chi connectivity index (χ0) is 20.2. The highest BCUT2D eigenvalue weighted by molar-refractivity contribution is 6.35. The maximum Gasteiger partial charge on any atom is 0.250 e. The summed E-state index contributed by atoms with van der Waals surface area (Å²) in [6.07, 6.45) is 0.684. The lowest BCUT2D eigenvalue weighted by atomic mass is 9.76. The molecule has 0 bridgehead atoms. The third-order valence-corrected chi connectivity index (χ3v) is 6.35. The summed E-state index contributed by atoms with van der Waals surface area (Å²) in [7, 11) is 1.53. The van der Waals surface area contributed by atoms with Gasteiger partial charge in [-0.3, -0.25) is 24.6 Å². The second-order valence-electron chi connectivity index (χ2n) is 8.13. The van der Waals surface area contributed by atoms with Gasteiger partial charge in [-0.25, -0.2) is 0 Å². The molecule has 1 aromatic rings. The summed E-state index contributed by atoms with van der Waals surface area (Å²) in [6.45, 7) is 4.58. The number of carbonyl (C=O) groups excluding carboxylic acids is 3. The first-order valence-electron chi connectivity index (χ1n) is 9.55. The molecule has 3 heterocycles. The van der Waals surface area contributed by atoms with Crippen molar-refractivity contribution in [1.82, 2.24) is 10.2 Å². The Labute approximate surface area is 168 Å². The van der Waals surface area contributed by atoms with E-state index in [1.54, 1.807) is 18.2 Å². The number of fused-ring (bicyclic) bond motifs is 4. The molecule has 3 amide bonds. The van der Waals surface area contributed by atoms with Crippen molar-refractivity contribution in [2.75, 3.05) is 25.6 Å². The van der Waals surface area contributed by atoms with E-state index >= 15 is 0 Å². The van der Waals surface area contributed by atoms with Crippen LogP contribution in [0.15, 0.2) is 18.2 Å². The minimum Gasteiger partial charge on any atom is -0.383 e. The van der Waals surface area contributed by atoms with Crippen LogP contribution in [0.4, 0.5) is 5.69 Å². The van der Waals surface area contributed by atoms with Crippen LogP contribution in [0, 0.1) is 17.8 Å². The molecule has 28 heavy (non-hydrogen) atoms. The standard InChI is InChI=1S/C20H24ClN3O4/c1-10(2)9-13-14-15(18(26)24(17(14)25)7-8-28-3)20(23-13)11-5-4-6-12(21)16(11)22-19(20)27/h4-6,10,13-15,23H,7-9H2,1-3H3,(H,22,27)/t13-,14+,15-,20+/m0/s1. The van der Waals surface area contributed by atoms with Crippen LogP contribution in [-0.4, -0.2) is 48.9 Å². The summed E-state index contributed by atoms with van der Waals surface area (Å²) < 4.78 is 5.07. The lowest BCUT2D eigenvalue weighted by molar-refractivity contribution is -0.143. The van der Waals surface area contributed by atoms with E-state index in [1.165, 1.54) is 12.0 Å². The Hall–Kier alpha value is -1.96. The van der Waals surface area contributed by atoms with Gasteiger partial charge in [0.1, 0.15) is 5.54 Å². The molecule has 0 radical (unpaired) electrons. The quantitative estimate of drug-likeness (QED) is 0.729. The van der Waals surface area contributed by atoms with Crippen LogP contribution in [-0.2, 0) is 24.7 Å². The molecule has 4 atom stereocenters. The van der Waals surface area contributed by atoms with Gasteiger partial charge in [0.25, 0.3) is 0 Å². The number of para-hydroxylation sites is 1. The maximum absolute atomic E-state index is 13.3. The van der Waals surface area contributed by atoms with Crippen LogP contribution >= 0.6 is 11.6 Å². The number of nitrogens with zero attached hydrogens (tertiary/aromatic N) is 1. The highest BCUT2D eigenvalue weighted by Crippen LogP contribution is 2.54. The molecule has 2 saturated heterocycles. The number of hydrogen-bond acceptors (Lipinski definition) is 5. The molecule has 2 fully saturated rings. The Balaban J connectivity index is 1.84. The van der Waals surface area contributed by atoms with Crippen molar-refractivity contribution >= 4 is 35.0 Å². The van der Waals surface area contributed by atoms with E-state index in [9.17, 15) is 14.4 Å². The topological polar surface area (TPSA) is 87.7 Å². The number of amides is 3. The van der Waals surface area contributed by atoms with E-state index in [2.05, 4.69) is 24.5 Å². The van der Waals surface area contributed by atoms with E-state index in [0.29, 0.717) is 28.6 Å². The van der Waals surface area contributed by atoms with Gasteiger partial charge in [-0.2, -0.15) is 0 Å². The minimum absolute atomic E-state index is 0.190. The number of halogens is 1. The molecular weight excluding hydrogens is 382 g/mol. The van der Waals surface area contributed by atoms with Crippen LogP contribution in [0.3, 0.4) is 0 Å². The average Bonchev–Trinajstić information content (AvgIpc) is 3.20. The van der Waals surface area contributed by atoms with Crippen molar-refractivity contribution in [1.29, 1.82) is 0 Å². The van der Waals surface area contributed by atoms with Gasteiger partial charge in [-0.15, -0.1) is 0 Å². The van der Waals surface area contributed by atoms with E-state index < -0.39 is 17.4 Å². The predicted octanol–water partition coefficient (Wildman–Crippen LogP) is 1.75. The summed E-state index contributed by atoms with van der Waals surface area (Å²) in [5, 5.41) is 6.66. The maximum atomic E-state index is 13.3. The third-order valence-electron chi connectivity index (χ3n) is 6.03. The van der Waals surface area contributed by atoms with Crippen molar-refractivity contribution < 1.29 is 19.1 Å². The van der Waals surface area contributed by atoms with Gasteiger partial charge >= 0.3 is 0 Å². The predicted molar refractivity (Wildman–Crippen MR) is 104 cm³/mol. The first-order chi connectivity index (χ1) is 13.3. The number of ether oxygens (including phenoxy) is 1. The first-order valence-corrected chi connectivity index (χ1v) is 9.93. The van der Waals surface area contributed by atoms with Crippen molar-refractivity contribution in [3.8, 4) is 0 Å². The molecule has 0 unspecified atom stereocenters. The van der Waals surface area contributed by atoms with Gasteiger partial charge < -0.3 is 10.1 Å². The Bertz CT molecular complexity index is 858. The van der Waals surface area contributed by atoms with Crippen LogP contribution < -0.4 is 10.6 Å². The average molecular weight is 406 g/mol. The number of hydrogen-bond donors (Lipinski definition) is 2. The molecule has 1 aromatic carbocycles. The molecule has 4 rings (SSSR count). The molecule has 150 valence electrons. The SMILES string of the molecule is COCCN1C(=O)[C@@H]2[C@H](CC(C)C)N[C@@]3(C(=O)Nc4c(Cl)cccc43)[C@@H]2C1=O. The number of nitrogens with one attached hydrogen (secondary N) is 2. The fraction of sp³-hybridized carbons (Fsp3) is 0.550. The molecule has 3 aliphatic rings. The van der Waals surface area contributed by atoms with Crippen molar-refractivity contribution in [3.63, 3.8) is 0 Å². The molecule has 3 aliphatic heterocycles. The van der Waals surface area contributed by atoms with E-state index in [4.69, 9.17) is 16.3 Å². The van der Waals surface area contributed by atoms with Gasteiger partial charge in [-0.05, 0) is 18.4 Å². The minimum atomic E-state index is -1.28. The molecule has 0 aliphatic carbocycles. The normalized spacial score (nSPS) is 31.1. The smallest absolute Gasteiger partial charge is 0.250 e. The lowest BCUT2D eigenvalue weighted by Crippen LogP contribution is -2.53. The Morgan fingerprint density at radius 2 is 2.00 bits per heavy atom. The molecule has 0 aromatic heterocycles. The fourth-order valence-electron chi connectivity index (χ4n) is 4.97. The fourth-order valence-corrected chi connectivity index (χ4v) is 5.19. The second kappa shape index (κ2) is 6.83. The molecule has 1 spiro atoms. The van der Waals surface area contributed by atoms with E-state index in [1.807, 2.05) is 0 Å². The van der Waals surface area contributed by atoms with Gasteiger partial charge in [0, 0.05) is 18.7 Å². The van der Waals surface area contributed by atoms with Crippen LogP contribution in [0.2, 0.25) is 5.02 Å². The number of rotatable bonds is 5. The molecular formula is C20H24ClN3O4. The largest absolute Gasteiger partial charge is 0.383 e. The molecule has 0 saturated carbocycles. The van der Waals surface area contributed by atoms with Crippen LogP contribution in [0.1, 0.15) is 25.8 Å². The number of benzene rings is 1. The second-order valence-corrected chi connectivity index (χ2v) is 8.54. The number of carbonyl (C=O) groups is 3. The van der Waals surface area contributed by atoms with E-state index in [0.717, 1.165) is 0 Å². The van der Waals surface area contributed by atoms with E-state index in [-0.39, 0.29) is 36.9 Å². The summed E-state index contributed by atoms with van der Waals surface area (Å²) in [6, 6.07) is 4.99. The lowest BCUT2D eigenvalue weighted by Gasteiger charge is -2.29. The van der Waals surface area contributed by atoms with Gasteiger partial charge in [0.2, 0.25) is 17.7 Å². The van der Waals surface area contributed by atoms with Crippen molar-refractivity contribution in [3.05, 3.63) is 28.8 Å². The third kappa shape index (κ3) is 2.53. The first kappa shape index (κ1) is 19.4. The molecule has 8 heteroatoms. The number of likely N-dealkylation sites (tertiary alicyclic amines) is 1.